The molecular formula is C11H17NO2. The summed E-state index contributed by atoms with van der Waals surface area (Å²) >= 11 is 0. The van der Waals surface area contributed by atoms with Gasteiger partial charge in [0.05, 0.1) is 6.61 Å². The van der Waals surface area contributed by atoms with Crippen molar-refractivity contribution in [1.82, 2.24) is 0 Å². The summed E-state index contributed by atoms with van der Waals surface area (Å²) in [4.78, 5) is 0. The van der Waals surface area contributed by atoms with Crippen LogP contribution in [0, 0.1) is 0 Å². The molecule has 0 unspecified atom stereocenters. The van der Waals surface area contributed by atoms with Crippen LogP contribution in [0.4, 0.5) is 0 Å². The van der Waals surface area contributed by atoms with Crippen LogP contribution in [0.3, 0.4) is 0 Å². The van der Waals surface area contributed by atoms with Crippen molar-refractivity contribution < 1.29 is 9.84 Å². The first kappa shape index (κ1) is 11.0. The molecule has 0 atom stereocenters. The standard InChI is InChI=1S/C11H17NO2/c1-11(2,12)9-6-8(7-14-3)4-5-10(9)13/h4-6,13H,7,12H2,1-3H3. The van der Waals surface area contributed by atoms with Gasteiger partial charge in [0.1, 0.15) is 5.75 Å². The monoisotopic (exact) mass is 195 g/mol. The Balaban J connectivity index is 3.09. The summed E-state index contributed by atoms with van der Waals surface area (Å²) < 4.78 is 5.01. The fraction of sp³-hybridized carbons (Fsp3) is 0.455. The largest absolute Gasteiger partial charge is 0.508 e. The van der Waals surface area contributed by atoms with Gasteiger partial charge < -0.3 is 15.6 Å². The van der Waals surface area contributed by atoms with Crippen LogP contribution in [0.2, 0.25) is 0 Å². The predicted molar refractivity (Wildman–Crippen MR) is 56.0 cm³/mol. The predicted octanol–water partition coefficient (Wildman–Crippen LogP) is 1.73. The van der Waals surface area contributed by atoms with Gasteiger partial charge in [-0.2, -0.15) is 0 Å². The third kappa shape index (κ3) is 2.47. The maximum Gasteiger partial charge on any atom is 0.120 e. The Kier molecular flexibility index (Phi) is 3.13. The number of phenolic OH excluding ortho intramolecular Hbond substituents is 1. The van der Waals surface area contributed by atoms with Crippen LogP contribution in [-0.2, 0) is 16.9 Å². The quantitative estimate of drug-likeness (QED) is 0.772. The van der Waals surface area contributed by atoms with E-state index < -0.39 is 5.54 Å². The molecule has 1 rings (SSSR count). The molecule has 0 bridgehead atoms. The minimum absolute atomic E-state index is 0.234. The molecule has 0 aromatic heterocycles. The molecule has 3 N–H and O–H groups in total. The Morgan fingerprint density at radius 2 is 2.07 bits per heavy atom. The fourth-order valence-corrected chi connectivity index (χ4v) is 1.36. The van der Waals surface area contributed by atoms with Crippen molar-refractivity contribution in [3.8, 4) is 5.75 Å². The second-order valence-electron chi connectivity index (χ2n) is 4.01. The number of benzene rings is 1. The van der Waals surface area contributed by atoms with Gasteiger partial charge in [-0.25, -0.2) is 0 Å². The molecule has 0 saturated carbocycles. The number of methoxy groups -OCH3 is 1. The number of hydrogen-bond donors (Lipinski definition) is 2. The molecule has 0 aliphatic rings. The lowest BCUT2D eigenvalue weighted by Gasteiger charge is -2.21. The van der Waals surface area contributed by atoms with Crippen LogP contribution >= 0.6 is 0 Å². The number of ether oxygens (including phenoxy) is 1. The molecule has 1 aromatic rings. The van der Waals surface area contributed by atoms with E-state index in [0.717, 1.165) is 11.1 Å². The third-order valence-corrected chi connectivity index (χ3v) is 2.07. The van der Waals surface area contributed by atoms with E-state index in [-0.39, 0.29) is 5.75 Å². The summed E-state index contributed by atoms with van der Waals surface area (Å²) in [7, 11) is 1.64. The maximum absolute atomic E-state index is 9.62. The number of rotatable bonds is 3. The van der Waals surface area contributed by atoms with Crippen molar-refractivity contribution in [2.75, 3.05) is 7.11 Å². The molecule has 0 radical (unpaired) electrons. The molecule has 14 heavy (non-hydrogen) atoms. The van der Waals surface area contributed by atoms with E-state index in [1.165, 1.54) is 0 Å². The van der Waals surface area contributed by atoms with Gasteiger partial charge in [0.15, 0.2) is 0 Å². The van der Waals surface area contributed by atoms with Crippen LogP contribution in [0.1, 0.15) is 25.0 Å². The molecule has 0 aliphatic heterocycles. The summed E-state index contributed by atoms with van der Waals surface area (Å²) in [5.41, 5.74) is 7.14. The molecule has 3 nitrogen and oxygen atoms in total. The summed E-state index contributed by atoms with van der Waals surface area (Å²) in [6, 6.07) is 5.35. The van der Waals surface area contributed by atoms with E-state index in [1.807, 2.05) is 26.0 Å². The summed E-state index contributed by atoms with van der Waals surface area (Å²) in [5.74, 6) is 0.234. The Hall–Kier alpha value is -1.06. The first-order chi connectivity index (χ1) is 6.45. The zero-order chi connectivity index (χ0) is 10.8. The second-order valence-corrected chi connectivity index (χ2v) is 4.01. The minimum Gasteiger partial charge on any atom is -0.508 e. The van der Waals surface area contributed by atoms with Gasteiger partial charge in [-0.05, 0) is 31.5 Å². The average Bonchev–Trinajstić information content (AvgIpc) is 2.07. The molecule has 0 aliphatic carbocycles. The summed E-state index contributed by atoms with van der Waals surface area (Å²) in [5, 5.41) is 9.62. The lowest BCUT2D eigenvalue weighted by Crippen LogP contribution is -2.28. The van der Waals surface area contributed by atoms with Gasteiger partial charge >= 0.3 is 0 Å². The van der Waals surface area contributed by atoms with Crippen molar-refractivity contribution >= 4 is 0 Å². The van der Waals surface area contributed by atoms with Crippen LogP contribution in [0.15, 0.2) is 18.2 Å². The minimum atomic E-state index is -0.534. The molecule has 78 valence electrons. The third-order valence-electron chi connectivity index (χ3n) is 2.07. The lowest BCUT2D eigenvalue weighted by atomic mass is 9.93. The molecule has 0 fully saturated rings. The Bertz CT molecular complexity index is 316. The van der Waals surface area contributed by atoms with E-state index in [9.17, 15) is 5.11 Å². The highest BCUT2D eigenvalue weighted by Crippen LogP contribution is 2.27. The second kappa shape index (κ2) is 3.98. The van der Waals surface area contributed by atoms with Crippen molar-refractivity contribution in [1.29, 1.82) is 0 Å². The Labute approximate surface area is 84.5 Å². The smallest absolute Gasteiger partial charge is 0.120 e. The molecule has 1 aromatic carbocycles. The van der Waals surface area contributed by atoms with Crippen LogP contribution in [-0.4, -0.2) is 12.2 Å². The molecule has 0 heterocycles. The van der Waals surface area contributed by atoms with Gasteiger partial charge in [0.25, 0.3) is 0 Å². The van der Waals surface area contributed by atoms with Gasteiger partial charge in [-0.1, -0.05) is 6.07 Å². The fourth-order valence-electron chi connectivity index (χ4n) is 1.36. The van der Waals surface area contributed by atoms with Gasteiger partial charge in [-0.3, -0.25) is 0 Å². The van der Waals surface area contributed by atoms with Crippen LogP contribution in [0.25, 0.3) is 0 Å². The Morgan fingerprint density at radius 3 is 2.57 bits per heavy atom. The van der Waals surface area contributed by atoms with E-state index in [0.29, 0.717) is 6.61 Å². The average molecular weight is 195 g/mol. The van der Waals surface area contributed by atoms with Gasteiger partial charge in [0.2, 0.25) is 0 Å². The first-order valence-electron chi connectivity index (χ1n) is 4.55. The van der Waals surface area contributed by atoms with E-state index >= 15 is 0 Å². The Morgan fingerprint density at radius 1 is 1.43 bits per heavy atom. The van der Waals surface area contributed by atoms with Crippen LogP contribution in [0.5, 0.6) is 5.75 Å². The van der Waals surface area contributed by atoms with Crippen molar-refractivity contribution in [3.63, 3.8) is 0 Å². The van der Waals surface area contributed by atoms with Gasteiger partial charge in [-0.15, -0.1) is 0 Å². The number of nitrogens with two attached hydrogens (primary N) is 1. The van der Waals surface area contributed by atoms with Crippen LogP contribution < -0.4 is 5.73 Å². The zero-order valence-electron chi connectivity index (χ0n) is 8.87. The zero-order valence-corrected chi connectivity index (χ0v) is 8.87. The number of phenols is 1. The first-order valence-corrected chi connectivity index (χ1v) is 4.55. The topological polar surface area (TPSA) is 55.5 Å². The normalized spacial score (nSPS) is 11.7. The van der Waals surface area contributed by atoms with Crippen molar-refractivity contribution in [3.05, 3.63) is 29.3 Å². The van der Waals surface area contributed by atoms with Gasteiger partial charge in [0, 0.05) is 18.2 Å². The number of hydrogen-bond acceptors (Lipinski definition) is 3. The summed E-state index contributed by atoms with van der Waals surface area (Å²) in [6.45, 7) is 4.25. The highest BCUT2D eigenvalue weighted by molar-refractivity contribution is 5.40. The maximum atomic E-state index is 9.62. The molecule has 0 saturated heterocycles. The van der Waals surface area contributed by atoms with E-state index in [4.69, 9.17) is 10.5 Å². The molecular weight excluding hydrogens is 178 g/mol. The van der Waals surface area contributed by atoms with Crippen molar-refractivity contribution in [2.24, 2.45) is 5.73 Å². The highest BCUT2D eigenvalue weighted by atomic mass is 16.5. The van der Waals surface area contributed by atoms with E-state index in [2.05, 4.69) is 0 Å². The molecule has 3 heteroatoms. The van der Waals surface area contributed by atoms with E-state index in [1.54, 1.807) is 13.2 Å². The lowest BCUT2D eigenvalue weighted by molar-refractivity contribution is 0.184. The molecule has 0 spiro atoms. The number of aromatic hydroxyl groups is 1. The van der Waals surface area contributed by atoms with Crippen molar-refractivity contribution in [2.45, 2.75) is 26.0 Å². The highest BCUT2D eigenvalue weighted by Gasteiger charge is 2.18. The summed E-state index contributed by atoms with van der Waals surface area (Å²) in [6.07, 6.45) is 0. The molecule has 0 amide bonds. The SMILES string of the molecule is COCc1ccc(O)c(C(C)(C)N)c1.